The van der Waals surface area contributed by atoms with Crippen molar-refractivity contribution in [3.63, 3.8) is 0 Å². The molecule has 1 heterocycles. The topological polar surface area (TPSA) is 9.23 Å². The maximum absolute atomic E-state index is 6.35. The van der Waals surface area contributed by atoms with Crippen LogP contribution in [0.5, 0.6) is 0 Å². The zero-order chi connectivity index (χ0) is 11.7. The fourth-order valence-corrected chi connectivity index (χ4v) is 4.57. The Labute approximate surface area is 114 Å². The molecule has 2 unspecified atom stereocenters. The Morgan fingerprint density at radius 2 is 1.88 bits per heavy atom. The van der Waals surface area contributed by atoms with Gasteiger partial charge in [-0.1, -0.05) is 28.8 Å². The largest absolute Gasteiger partial charge is 0.372 e. The molecule has 2 saturated carbocycles. The van der Waals surface area contributed by atoms with Crippen molar-refractivity contribution >= 4 is 15.9 Å². The van der Waals surface area contributed by atoms with E-state index in [1.165, 1.54) is 70.6 Å². The van der Waals surface area contributed by atoms with E-state index in [9.17, 15) is 0 Å². The second-order valence-electron chi connectivity index (χ2n) is 6.45. The lowest BCUT2D eigenvalue weighted by Crippen LogP contribution is -2.24. The number of hydrogen-bond acceptors (Lipinski definition) is 1. The predicted molar refractivity (Wildman–Crippen MR) is 74.6 cm³/mol. The highest BCUT2D eigenvalue weighted by molar-refractivity contribution is 9.09. The van der Waals surface area contributed by atoms with Crippen LogP contribution in [0.25, 0.3) is 0 Å². The molecule has 0 aromatic carbocycles. The smallest absolute Gasteiger partial charge is 0.0687 e. The van der Waals surface area contributed by atoms with E-state index in [4.69, 9.17) is 4.74 Å². The molecule has 0 bridgehead atoms. The second-order valence-corrected chi connectivity index (χ2v) is 7.63. The van der Waals surface area contributed by atoms with E-state index in [0.717, 1.165) is 10.7 Å². The van der Waals surface area contributed by atoms with Gasteiger partial charge in [-0.2, -0.15) is 0 Å². The normalized spacial score (nSPS) is 33.4. The molecular formula is C15H25BrO. The van der Waals surface area contributed by atoms with E-state index in [0.29, 0.717) is 11.7 Å². The molecule has 1 spiro atoms. The van der Waals surface area contributed by atoms with Gasteiger partial charge in [-0.05, 0) is 63.7 Å². The predicted octanol–water partition coefficient (Wildman–Crippen LogP) is 4.82. The standard InChI is InChI=1S/C15H25BrO/c16-14(12-6-7-12)5-3-4-13-8-11-15(17-13)9-1-2-10-15/h12-14H,1-11H2. The van der Waals surface area contributed by atoms with Crippen LogP contribution in [0, 0.1) is 5.92 Å². The van der Waals surface area contributed by atoms with Gasteiger partial charge < -0.3 is 4.74 Å². The van der Waals surface area contributed by atoms with Gasteiger partial charge in [-0.25, -0.2) is 0 Å². The number of alkyl halides is 1. The Balaban J connectivity index is 1.35. The summed E-state index contributed by atoms with van der Waals surface area (Å²) in [6, 6.07) is 0. The summed E-state index contributed by atoms with van der Waals surface area (Å²) in [4.78, 5) is 0.796. The zero-order valence-electron chi connectivity index (χ0n) is 10.8. The lowest BCUT2D eigenvalue weighted by atomic mass is 9.97. The SMILES string of the molecule is BrC(CCCC1CCC2(CCCC2)O1)C1CC1. The number of ether oxygens (including phenoxy) is 1. The van der Waals surface area contributed by atoms with Gasteiger partial charge in [0.2, 0.25) is 0 Å². The van der Waals surface area contributed by atoms with Crippen LogP contribution in [-0.2, 0) is 4.74 Å². The average molecular weight is 301 g/mol. The second kappa shape index (κ2) is 5.21. The molecule has 1 aliphatic heterocycles. The summed E-state index contributed by atoms with van der Waals surface area (Å²) in [5, 5.41) is 0. The third-order valence-electron chi connectivity index (χ3n) is 4.99. The Morgan fingerprint density at radius 1 is 1.12 bits per heavy atom. The maximum Gasteiger partial charge on any atom is 0.0687 e. The maximum atomic E-state index is 6.35. The van der Waals surface area contributed by atoms with Crippen LogP contribution in [0.1, 0.15) is 70.6 Å². The summed E-state index contributed by atoms with van der Waals surface area (Å²) in [6.45, 7) is 0. The van der Waals surface area contributed by atoms with Crippen molar-refractivity contribution < 1.29 is 4.74 Å². The van der Waals surface area contributed by atoms with E-state index in [1.54, 1.807) is 0 Å². The van der Waals surface area contributed by atoms with Crippen molar-refractivity contribution in [1.29, 1.82) is 0 Å². The van der Waals surface area contributed by atoms with Gasteiger partial charge in [0.25, 0.3) is 0 Å². The van der Waals surface area contributed by atoms with Gasteiger partial charge in [0.15, 0.2) is 0 Å². The van der Waals surface area contributed by atoms with Crippen molar-refractivity contribution in [2.24, 2.45) is 5.92 Å². The molecule has 3 rings (SSSR count). The summed E-state index contributed by atoms with van der Waals surface area (Å²) in [7, 11) is 0. The Bertz CT molecular complexity index is 256. The van der Waals surface area contributed by atoms with Gasteiger partial charge in [-0.15, -0.1) is 0 Å². The number of hydrogen-bond donors (Lipinski definition) is 0. The first kappa shape index (κ1) is 12.5. The van der Waals surface area contributed by atoms with Crippen molar-refractivity contribution in [1.82, 2.24) is 0 Å². The molecule has 17 heavy (non-hydrogen) atoms. The Kier molecular flexibility index (Phi) is 3.82. The van der Waals surface area contributed by atoms with Gasteiger partial charge in [-0.3, -0.25) is 0 Å². The molecule has 0 aromatic rings. The summed E-state index contributed by atoms with van der Waals surface area (Å²) in [5.74, 6) is 1.00. The first-order valence-electron chi connectivity index (χ1n) is 7.59. The van der Waals surface area contributed by atoms with Crippen molar-refractivity contribution in [3.05, 3.63) is 0 Å². The molecule has 0 radical (unpaired) electrons. The highest BCUT2D eigenvalue weighted by atomic mass is 79.9. The molecule has 2 heteroatoms. The first-order valence-corrected chi connectivity index (χ1v) is 8.51. The summed E-state index contributed by atoms with van der Waals surface area (Å²) in [5.41, 5.74) is 0.342. The molecule has 3 aliphatic rings. The van der Waals surface area contributed by atoms with Crippen LogP contribution in [0.15, 0.2) is 0 Å². The van der Waals surface area contributed by atoms with Crippen LogP contribution in [0.2, 0.25) is 0 Å². The van der Waals surface area contributed by atoms with E-state index >= 15 is 0 Å². The lowest BCUT2D eigenvalue weighted by Gasteiger charge is -2.23. The average Bonchev–Trinajstić information content (AvgIpc) is 2.98. The Hall–Kier alpha value is 0.440. The zero-order valence-corrected chi connectivity index (χ0v) is 12.4. The fourth-order valence-electron chi connectivity index (χ4n) is 3.72. The van der Waals surface area contributed by atoms with Crippen molar-refractivity contribution in [3.8, 4) is 0 Å². The van der Waals surface area contributed by atoms with Crippen molar-refractivity contribution in [2.75, 3.05) is 0 Å². The molecule has 2 atom stereocenters. The van der Waals surface area contributed by atoms with Crippen molar-refractivity contribution in [2.45, 2.75) is 87.2 Å². The van der Waals surface area contributed by atoms with Crippen LogP contribution in [0.3, 0.4) is 0 Å². The molecule has 1 nitrogen and oxygen atoms in total. The van der Waals surface area contributed by atoms with Gasteiger partial charge in [0.05, 0.1) is 11.7 Å². The molecular weight excluding hydrogens is 276 g/mol. The van der Waals surface area contributed by atoms with E-state index in [-0.39, 0.29) is 0 Å². The van der Waals surface area contributed by atoms with Crippen LogP contribution in [-0.4, -0.2) is 16.5 Å². The van der Waals surface area contributed by atoms with Gasteiger partial charge in [0.1, 0.15) is 0 Å². The third kappa shape index (κ3) is 3.07. The molecule has 0 aromatic heterocycles. The Morgan fingerprint density at radius 3 is 2.59 bits per heavy atom. The van der Waals surface area contributed by atoms with E-state index in [1.807, 2.05) is 0 Å². The van der Waals surface area contributed by atoms with Crippen LogP contribution >= 0.6 is 15.9 Å². The van der Waals surface area contributed by atoms with Gasteiger partial charge in [0, 0.05) is 4.83 Å². The molecule has 1 saturated heterocycles. The molecule has 2 aliphatic carbocycles. The molecule has 98 valence electrons. The summed E-state index contributed by atoms with van der Waals surface area (Å²) < 4.78 is 6.35. The third-order valence-corrected chi connectivity index (χ3v) is 6.20. The summed E-state index contributed by atoms with van der Waals surface area (Å²) >= 11 is 3.83. The highest BCUT2D eigenvalue weighted by Crippen LogP contribution is 2.44. The van der Waals surface area contributed by atoms with E-state index < -0.39 is 0 Å². The lowest BCUT2D eigenvalue weighted by molar-refractivity contribution is -0.0395. The molecule has 0 N–H and O–H groups in total. The van der Waals surface area contributed by atoms with Crippen LogP contribution in [0.4, 0.5) is 0 Å². The highest BCUT2D eigenvalue weighted by Gasteiger charge is 2.41. The summed E-state index contributed by atoms with van der Waals surface area (Å²) in [6.07, 6.45) is 15.7. The minimum Gasteiger partial charge on any atom is -0.372 e. The minimum absolute atomic E-state index is 0.342. The number of rotatable bonds is 5. The minimum atomic E-state index is 0.342. The molecule has 3 fully saturated rings. The fraction of sp³-hybridized carbons (Fsp3) is 1.00. The monoisotopic (exact) mass is 300 g/mol. The number of halogens is 1. The molecule has 0 amide bonds. The van der Waals surface area contributed by atoms with E-state index in [2.05, 4.69) is 15.9 Å². The quantitative estimate of drug-likeness (QED) is 0.661. The van der Waals surface area contributed by atoms with Crippen LogP contribution < -0.4 is 0 Å². The van der Waals surface area contributed by atoms with Gasteiger partial charge >= 0.3 is 0 Å². The first-order chi connectivity index (χ1) is 8.27.